The number of hydrogen-bond donors (Lipinski definition) is 0. The van der Waals surface area contributed by atoms with E-state index in [9.17, 15) is 4.79 Å². The topological polar surface area (TPSA) is 23.6 Å². The molecule has 114 valence electrons. The SMILES string of the molecule is CCCC(=O)N1CCN2CC(C)(C)c3ccccc3C2C1. The van der Waals surface area contributed by atoms with Crippen molar-refractivity contribution in [2.24, 2.45) is 0 Å². The summed E-state index contributed by atoms with van der Waals surface area (Å²) in [4.78, 5) is 16.9. The Kier molecular flexibility index (Phi) is 3.78. The van der Waals surface area contributed by atoms with E-state index < -0.39 is 0 Å². The van der Waals surface area contributed by atoms with Gasteiger partial charge in [-0.25, -0.2) is 0 Å². The van der Waals surface area contributed by atoms with E-state index in [1.165, 1.54) is 11.1 Å². The first-order valence-corrected chi connectivity index (χ1v) is 8.14. The lowest BCUT2D eigenvalue weighted by Gasteiger charge is -2.50. The molecule has 1 fully saturated rings. The molecular weight excluding hydrogens is 260 g/mol. The Morgan fingerprint density at radius 2 is 2.05 bits per heavy atom. The van der Waals surface area contributed by atoms with Crippen molar-refractivity contribution < 1.29 is 4.79 Å². The van der Waals surface area contributed by atoms with Gasteiger partial charge in [0.2, 0.25) is 5.91 Å². The van der Waals surface area contributed by atoms with Crippen molar-refractivity contribution in [1.29, 1.82) is 0 Å². The van der Waals surface area contributed by atoms with Crippen LogP contribution in [0.2, 0.25) is 0 Å². The van der Waals surface area contributed by atoms with Gasteiger partial charge in [0.25, 0.3) is 0 Å². The number of carbonyl (C=O) groups is 1. The van der Waals surface area contributed by atoms with Gasteiger partial charge in [-0.2, -0.15) is 0 Å². The van der Waals surface area contributed by atoms with E-state index in [1.54, 1.807) is 0 Å². The second-order valence-corrected chi connectivity index (χ2v) is 7.05. The third-order valence-electron chi connectivity index (χ3n) is 4.96. The highest BCUT2D eigenvalue weighted by Crippen LogP contribution is 2.40. The fraction of sp³-hybridized carbons (Fsp3) is 0.611. The van der Waals surface area contributed by atoms with Crippen molar-refractivity contribution in [3.63, 3.8) is 0 Å². The monoisotopic (exact) mass is 286 g/mol. The summed E-state index contributed by atoms with van der Waals surface area (Å²) in [6.45, 7) is 10.6. The molecule has 3 heteroatoms. The smallest absolute Gasteiger partial charge is 0.222 e. The number of nitrogens with zero attached hydrogens (tertiary/aromatic N) is 2. The Morgan fingerprint density at radius 1 is 1.29 bits per heavy atom. The Bertz CT molecular complexity index is 538. The van der Waals surface area contributed by atoms with Crippen LogP contribution in [0.25, 0.3) is 0 Å². The Labute approximate surface area is 127 Å². The van der Waals surface area contributed by atoms with Crippen LogP contribution in [0.3, 0.4) is 0 Å². The Morgan fingerprint density at radius 3 is 2.81 bits per heavy atom. The third-order valence-corrected chi connectivity index (χ3v) is 4.96. The summed E-state index contributed by atoms with van der Waals surface area (Å²) in [5, 5.41) is 0. The molecule has 0 N–H and O–H groups in total. The van der Waals surface area contributed by atoms with Crippen molar-refractivity contribution in [1.82, 2.24) is 9.80 Å². The highest BCUT2D eigenvalue weighted by atomic mass is 16.2. The van der Waals surface area contributed by atoms with Crippen molar-refractivity contribution in [2.75, 3.05) is 26.2 Å². The highest BCUT2D eigenvalue weighted by Gasteiger charge is 2.40. The maximum atomic E-state index is 12.2. The molecule has 1 atom stereocenters. The van der Waals surface area contributed by atoms with Gasteiger partial charge in [-0.05, 0) is 17.5 Å². The van der Waals surface area contributed by atoms with Crippen LogP contribution in [0.4, 0.5) is 0 Å². The molecule has 21 heavy (non-hydrogen) atoms. The minimum atomic E-state index is 0.197. The summed E-state index contributed by atoms with van der Waals surface area (Å²) in [7, 11) is 0. The second kappa shape index (κ2) is 5.45. The van der Waals surface area contributed by atoms with E-state index in [0.717, 1.165) is 32.6 Å². The van der Waals surface area contributed by atoms with Crippen LogP contribution in [0.1, 0.15) is 50.8 Å². The van der Waals surface area contributed by atoms with Crippen LogP contribution in [-0.2, 0) is 10.2 Å². The molecule has 2 heterocycles. The summed E-state index contributed by atoms with van der Waals surface area (Å²) in [6, 6.07) is 9.16. The number of hydrogen-bond acceptors (Lipinski definition) is 2. The van der Waals surface area contributed by atoms with Gasteiger partial charge >= 0.3 is 0 Å². The zero-order valence-corrected chi connectivity index (χ0v) is 13.4. The number of fused-ring (bicyclic) bond motifs is 3. The van der Waals surface area contributed by atoms with Gasteiger partial charge in [0, 0.05) is 38.0 Å². The maximum Gasteiger partial charge on any atom is 0.222 e. The zero-order valence-electron chi connectivity index (χ0n) is 13.4. The van der Waals surface area contributed by atoms with Gasteiger partial charge < -0.3 is 4.90 Å². The molecule has 0 spiro atoms. The van der Waals surface area contributed by atoms with Crippen LogP contribution in [-0.4, -0.2) is 41.9 Å². The summed E-state index contributed by atoms with van der Waals surface area (Å²) in [5.41, 5.74) is 3.07. The van der Waals surface area contributed by atoms with Crippen LogP contribution in [0.5, 0.6) is 0 Å². The van der Waals surface area contributed by atoms with Gasteiger partial charge in [0.1, 0.15) is 0 Å². The first-order valence-electron chi connectivity index (χ1n) is 8.14. The minimum absolute atomic E-state index is 0.197. The van der Waals surface area contributed by atoms with Gasteiger partial charge in [0.15, 0.2) is 0 Å². The van der Waals surface area contributed by atoms with E-state index in [2.05, 4.69) is 54.8 Å². The lowest BCUT2D eigenvalue weighted by molar-refractivity contribution is -0.134. The fourth-order valence-electron chi connectivity index (χ4n) is 3.90. The lowest BCUT2D eigenvalue weighted by Crippen LogP contribution is -2.55. The highest BCUT2D eigenvalue weighted by molar-refractivity contribution is 5.76. The summed E-state index contributed by atoms with van der Waals surface area (Å²) in [5.74, 6) is 0.319. The Balaban J connectivity index is 1.89. The Hall–Kier alpha value is -1.35. The number of amides is 1. The number of rotatable bonds is 2. The van der Waals surface area contributed by atoms with Gasteiger partial charge in [-0.3, -0.25) is 9.69 Å². The molecule has 0 aliphatic carbocycles. The molecule has 1 aromatic rings. The van der Waals surface area contributed by atoms with E-state index >= 15 is 0 Å². The lowest BCUT2D eigenvalue weighted by atomic mass is 9.75. The molecule has 3 rings (SSSR count). The molecule has 1 saturated heterocycles. The van der Waals surface area contributed by atoms with Crippen molar-refractivity contribution >= 4 is 5.91 Å². The predicted molar refractivity (Wildman–Crippen MR) is 85.3 cm³/mol. The third kappa shape index (κ3) is 2.59. The molecule has 2 aliphatic rings. The molecule has 1 amide bonds. The maximum absolute atomic E-state index is 12.2. The van der Waals surface area contributed by atoms with Crippen LogP contribution in [0.15, 0.2) is 24.3 Å². The summed E-state index contributed by atoms with van der Waals surface area (Å²) < 4.78 is 0. The summed E-state index contributed by atoms with van der Waals surface area (Å²) in [6.07, 6.45) is 1.62. The molecular formula is C18H26N2O. The average molecular weight is 286 g/mol. The summed E-state index contributed by atoms with van der Waals surface area (Å²) >= 11 is 0. The molecule has 0 radical (unpaired) electrons. The van der Waals surface area contributed by atoms with Crippen molar-refractivity contribution in [3.05, 3.63) is 35.4 Å². The van der Waals surface area contributed by atoms with E-state index in [4.69, 9.17) is 0 Å². The quantitative estimate of drug-likeness (QED) is 0.834. The normalized spacial score (nSPS) is 24.3. The average Bonchev–Trinajstić information content (AvgIpc) is 2.47. The number of piperazine rings is 1. The zero-order chi connectivity index (χ0) is 15.0. The largest absolute Gasteiger partial charge is 0.339 e. The number of carbonyl (C=O) groups excluding carboxylic acids is 1. The second-order valence-electron chi connectivity index (χ2n) is 7.05. The first kappa shape index (κ1) is 14.6. The van der Waals surface area contributed by atoms with E-state index in [0.29, 0.717) is 18.4 Å². The molecule has 1 unspecified atom stereocenters. The molecule has 3 nitrogen and oxygen atoms in total. The van der Waals surface area contributed by atoms with Crippen LogP contribution >= 0.6 is 0 Å². The van der Waals surface area contributed by atoms with Gasteiger partial charge in [0.05, 0.1) is 6.04 Å². The van der Waals surface area contributed by atoms with Crippen molar-refractivity contribution in [2.45, 2.75) is 45.1 Å². The molecule has 0 aromatic heterocycles. The predicted octanol–water partition coefficient (Wildman–Crippen LogP) is 2.96. The minimum Gasteiger partial charge on any atom is -0.339 e. The molecule has 2 aliphatic heterocycles. The van der Waals surface area contributed by atoms with Crippen molar-refractivity contribution in [3.8, 4) is 0 Å². The van der Waals surface area contributed by atoms with Gasteiger partial charge in [-0.1, -0.05) is 45.0 Å². The van der Waals surface area contributed by atoms with Crippen LogP contribution < -0.4 is 0 Å². The van der Waals surface area contributed by atoms with E-state index in [-0.39, 0.29) is 5.41 Å². The molecule has 1 aromatic carbocycles. The standard InChI is InChI=1S/C18H26N2O/c1-4-7-17(21)19-10-11-20-13-18(2,3)15-9-6-5-8-14(15)16(20)12-19/h5-6,8-9,16H,4,7,10-13H2,1-3H3. The van der Waals surface area contributed by atoms with E-state index in [1.807, 2.05) is 0 Å². The number of benzene rings is 1. The molecule has 0 saturated carbocycles. The first-order chi connectivity index (χ1) is 10.0. The fourth-order valence-corrected chi connectivity index (χ4v) is 3.90. The van der Waals surface area contributed by atoms with Crippen LogP contribution in [0, 0.1) is 0 Å². The van der Waals surface area contributed by atoms with Gasteiger partial charge in [-0.15, -0.1) is 0 Å². The molecule has 0 bridgehead atoms.